The van der Waals surface area contributed by atoms with Crippen LogP contribution in [0.25, 0.3) is 0 Å². The van der Waals surface area contributed by atoms with Crippen molar-refractivity contribution in [3.8, 4) is 0 Å². The molecule has 0 fully saturated rings. The van der Waals surface area contributed by atoms with Gasteiger partial charge in [-0.05, 0) is 18.4 Å². The summed E-state index contributed by atoms with van der Waals surface area (Å²) < 4.78 is 4.84. The third-order valence-electron chi connectivity index (χ3n) is 2.06. The van der Waals surface area contributed by atoms with E-state index in [2.05, 4.69) is 16.7 Å². The number of thiophene rings is 1. The van der Waals surface area contributed by atoms with Gasteiger partial charge in [-0.15, -0.1) is 11.3 Å². The second-order valence-corrected chi connectivity index (χ2v) is 4.61. The Kier molecular flexibility index (Phi) is 5.88. The second kappa shape index (κ2) is 7.24. The van der Waals surface area contributed by atoms with E-state index >= 15 is 0 Å². The maximum absolute atomic E-state index is 11.4. The summed E-state index contributed by atoms with van der Waals surface area (Å²) in [6.45, 7) is 3.07. The third-order valence-corrected chi connectivity index (χ3v) is 2.96. The first kappa shape index (κ1) is 13.0. The minimum Gasteiger partial charge on any atom is -0.383 e. The third kappa shape index (κ3) is 5.14. The van der Waals surface area contributed by atoms with Crippen LogP contribution in [0.3, 0.4) is 0 Å². The van der Waals surface area contributed by atoms with Crippen LogP contribution >= 0.6 is 11.3 Å². The van der Waals surface area contributed by atoms with Gasteiger partial charge in [0.15, 0.2) is 0 Å². The Balaban J connectivity index is 2.18. The average Bonchev–Trinajstić information content (AvgIpc) is 2.70. The highest BCUT2D eigenvalue weighted by atomic mass is 32.1. The zero-order valence-corrected chi connectivity index (χ0v) is 10.5. The number of rotatable bonds is 6. The Hall–Kier alpha value is -1.07. The van der Waals surface area contributed by atoms with Gasteiger partial charge in [0.2, 0.25) is 0 Å². The van der Waals surface area contributed by atoms with Crippen molar-refractivity contribution in [3.05, 3.63) is 22.4 Å². The molecule has 0 aliphatic carbocycles. The van der Waals surface area contributed by atoms with E-state index in [9.17, 15) is 4.79 Å². The van der Waals surface area contributed by atoms with E-state index in [4.69, 9.17) is 4.74 Å². The van der Waals surface area contributed by atoms with Crippen LogP contribution in [0, 0.1) is 0 Å². The van der Waals surface area contributed by atoms with Crippen molar-refractivity contribution >= 4 is 17.4 Å². The van der Waals surface area contributed by atoms with Crippen LogP contribution in [-0.4, -0.2) is 32.3 Å². The summed E-state index contributed by atoms with van der Waals surface area (Å²) in [4.78, 5) is 12.7. The number of carbonyl (C=O) groups excluding carboxylic acids is 1. The molecule has 1 atom stereocenters. The maximum Gasteiger partial charge on any atom is 0.315 e. The lowest BCUT2D eigenvalue weighted by atomic mass is 10.2. The van der Waals surface area contributed by atoms with Gasteiger partial charge in [-0.25, -0.2) is 4.79 Å². The first-order chi connectivity index (χ1) is 7.72. The van der Waals surface area contributed by atoms with Gasteiger partial charge in [0.1, 0.15) is 0 Å². The van der Waals surface area contributed by atoms with Crippen LogP contribution in [0.15, 0.2) is 17.5 Å². The first-order valence-corrected chi connectivity index (χ1v) is 6.16. The molecule has 0 aliphatic heterocycles. The minimum atomic E-state index is -0.138. The zero-order chi connectivity index (χ0) is 11.8. The molecule has 0 aliphatic rings. The quantitative estimate of drug-likeness (QED) is 0.745. The molecular weight excluding hydrogens is 224 g/mol. The van der Waals surface area contributed by atoms with Crippen molar-refractivity contribution in [2.24, 2.45) is 0 Å². The Bertz CT molecular complexity index is 301. The molecule has 0 radical (unpaired) electrons. The van der Waals surface area contributed by atoms with E-state index in [1.807, 2.05) is 18.4 Å². The Labute approximate surface area is 100 Å². The SMILES string of the molecule is COCCNC(=O)NC(C)Cc1cccs1. The van der Waals surface area contributed by atoms with Crippen molar-refractivity contribution < 1.29 is 9.53 Å². The maximum atomic E-state index is 11.4. The summed E-state index contributed by atoms with van der Waals surface area (Å²) in [5.41, 5.74) is 0. The van der Waals surface area contributed by atoms with E-state index in [0.29, 0.717) is 13.2 Å². The molecule has 0 saturated carbocycles. The second-order valence-electron chi connectivity index (χ2n) is 3.58. The standard InChI is InChI=1S/C11H18N2O2S/c1-9(8-10-4-3-7-16-10)13-11(14)12-5-6-15-2/h3-4,7,9H,5-6,8H2,1-2H3,(H2,12,13,14). The van der Waals surface area contributed by atoms with E-state index in [-0.39, 0.29) is 12.1 Å². The molecule has 90 valence electrons. The highest BCUT2D eigenvalue weighted by molar-refractivity contribution is 7.09. The van der Waals surface area contributed by atoms with Crippen LogP contribution < -0.4 is 10.6 Å². The number of hydrogen-bond donors (Lipinski definition) is 2. The van der Waals surface area contributed by atoms with Crippen molar-refractivity contribution in [1.29, 1.82) is 0 Å². The summed E-state index contributed by atoms with van der Waals surface area (Å²) >= 11 is 1.71. The van der Waals surface area contributed by atoms with Gasteiger partial charge in [0, 0.05) is 31.0 Å². The van der Waals surface area contributed by atoms with Gasteiger partial charge < -0.3 is 15.4 Å². The fraction of sp³-hybridized carbons (Fsp3) is 0.545. The van der Waals surface area contributed by atoms with Crippen LogP contribution in [0.1, 0.15) is 11.8 Å². The summed E-state index contributed by atoms with van der Waals surface area (Å²) in [5.74, 6) is 0. The van der Waals surface area contributed by atoms with Gasteiger partial charge in [-0.2, -0.15) is 0 Å². The van der Waals surface area contributed by atoms with Gasteiger partial charge in [0.25, 0.3) is 0 Å². The van der Waals surface area contributed by atoms with E-state index in [1.54, 1.807) is 18.4 Å². The Morgan fingerprint density at radius 3 is 3.06 bits per heavy atom. The fourth-order valence-corrected chi connectivity index (χ4v) is 2.16. The van der Waals surface area contributed by atoms with Gasteiger partial charge in [-0.3, -0.25) is 0 Å². The molecule has 0 spiro atoms. The number of amides is 2. The summed E-state index contributed by atoms with van der Waals surface area (Å²) in [6.07, 6.45) is 0.870. The Morgan fingerprint density at radius 1 is 1.62 bits per heavy atom. The summed E-state index contributed by atoms with van der Waals surface area (Å²) in [7, 11) is 1.61. The van der Waals surface area contributed by atoms with Crippen LogP contribution in [0.5, 0.6) is 0 Å². The fourth-order valence-electron chi connectivity index (χ4n) is 1.32. The number of ether oxygens (including phenoxy) is 1. The molecule has 1 aromatic heterocycles. The highest BCUT2D eigenvalue weighted by Gasteiger charge is 2.07. The van der Waals surface area contributed by atoms with Crippen molar-refractivity contribution in [2.45, 2.75) is 19.4 Å². The summed E-state index contributed by atoms with van der Waals surface area (Å²) in [6, 6.07) is 4.10. The molecular formula is C11H18N2O2S. The van der Waals surface area contributed by atoms with E-state index in [0.717, 1.165) is 6.42 Å². The van der Waals surface area contributed by atoms with Gasteiger partial charge in [0.05, 0.1) is 6.61 Å². The number of urea groups is 1. The molecule has 1 heterocycles. The topological polar surface area (TPSA) is 50.4 Å². The van der Waals surface area contributed by atoms with Crippen molar-refractivity contribution in [3.63, 3.8) is 0 Å². The molecule has 4 nitrogen and oxygen atoms in total. The highest BCUT2D eigenvalue weighted by Crippen LogP contribution is 2.10. The predicted molar refractivity (Wildman–Crippen MR) is 65.9 cm³/mol. The van der Waals surface area contributed by atoms with Crippen LogP contribution in [-0.2, 0) is 11.2 Å². The smallest absolute Gasteiger partial charge is 0.315 e. The monoisotopic (exact) mass is 242 g/mol. The van der Waals surface area contributed by atoms with E-state index < -0.39 is 0 Å². The largest absolute Gasteiger partial charge is 0.383 e. The van der Waals surface area contributed by atoms with Crippen LogP contribution in [0.4, 0.5) is 4.79 Å². The van der Waals surface area contributed by atoms with Crippen molar-refractivity contribution in [2.75, 3.05) is 20.3 Å². The normalized spacial score (nSPS) is 12.1. The molecule has 0 saturated heterocycles. The van der Waals surface area contributed by atoms with Gasteiger partial charge in [-0.1, -0.05) is 6.07 Å². The van der Waals surface area contributed by atoms with Gasteiger partial charge >= 0.3 is 6.03 Å². The Morgan fingerprint density at radius 2 is 2.44 bits per heavy atom. The predicted octanol–water partition coefficient (Wildman–Crippen LogP) is 1.62. The number of nitrogens with one attached hydrogen (secondary N) is 2. The molecule has 1 aromatic rings. The van der Waals surface area contributed by atoms with Crippen molar-refractivity contribution in [1.82, 2.24) is 10.6 Å². The minimum absolute atomic E-state index is 0.138. The lowest BCUT2D eigenvalue weighted by molar-refractivity contribution is 0.195. The molecule has 1 rings (SSSR count). The molecule has 0 bridgehead atoms. The molecule has 5 heteroatoms. The summed E-state index contributed by atoms with van der Waals surface area (Å²) in [5, 5.41) is 7.64. The number of methoxy groups -OCH3 is 1. The van der Waals surface area contributed by atoms with E-state index in [1.165, 1.54) is 4.88 Å². The van der Waals surface area contributed by atoms with Crippen LogP contribution in [0.2, 0.25) is 0 Å². The average molecular weight is 242 g/mol. The zero-order valence-electron chi connectivity index (χ0n) is 9.66. The lowest BCUT2D eigenvalue weighted by Gasteiger charge is -2.13. The first-order valence-electron chi connectivity index (χ1n) is 5.28. The molecule has 2 amide bonds. The molecule has 16 heavy (non-hydrogen) atoms. The molecule has 0 aromatic carbocycles. The number of carbonyl (C=O) groups is 1. The lowest BCUT2D eigenvalue weighted by Crippen LogP contribution is -2.42. The molecule has 2 N–H and O–H groups in total. The molecule has 1 unspecified atom stereocenters. The number of hydrogen-bond acceptors (Lipinski definition) is 3.